The minimum atomic E-state index is -4.71. The van der Waals surface area contributed by atoms with E-state index in [1.165, 1.54) is 6.92 Å². The number of piperazine rings is 1. The van der Waals surface area contributed by atoms with Gasteiger partial charge in [0.05, 0.1) is 16.3 Å². The van der Waals surface area contributed by atoms with Crippen LogP contribution >= 0.6 is 11.6 Å². The number of halogens is 4. The molecular weight excluding hydrogens is 405 g/mol. The zero-order valence-electron chi connectivity index (χ0n) is 13.1. The molecule has 6 nitrogen and oxygen atoms in total. The fourth-order valence-corrected chi connectivity index (χ4v) is 5.39. The van der Waals surface area contributed by atoms with Gasteiger partial charge >= 0.3 is 6.18 Å². The average Bonchev–Trinajstić information content (AvgIpc) is 2.54. The maximum atomic E-state index is 12.8. The zero-order valence-corrected chi connectivity index (χ0v) is 15.5. The molecule has 0 aliphatic carbocycles. The van der Waals surface area contributed by atoms with E-state index in [1.54, 1.807) is 0 Å². The van der Waals surface area contributed by atoms with Crippen molar-refractivity contribution in [2.24, 2.45) is 0 Å². The molecule has 1 fully saturated rings. The van der Waals surface area contributed by atoms with Crippen LogP contribution in [0.1, 0.15) is 12.5 Å². The summed E-state index contributed by atoms with van der Waals surface area (Å²) >= 11 is 5.79. The normalized spacial score (nSPS) is 18.4. The third-order valence-corrected chi connectivity index (χ3v) is 8.09. The van der Waals surface area contributed by atoms with Crippen molar-refractivity contribution >= 4 is 31.6 Å². The Morgan fingerprint density at radius 2 is 1.56 bits per heavy atom. The van der Waals surface area contributed by atoms with Crippen LogP contribution in [0.5, 0.6) is 0 Å². The third-order valence-electron chi connectivity index (χ3n) is 3.83. The Hall–Kier alpha value is -0.880. The minimum absolute atomic E-state index is 0.0635. The Labute approximate surface area is 149 Å². The largest absolute Gasteiger partial charge is 0.416 e. The van der Waals surface area contributed by atoms with E-state index < -0.39 is 36.7 Å². The molecule has 1 aliphatic rings. The van der Waals surface area contributed by atoms with Crippen molar-refractivity contribution in [2.75, 3.05) is 31.9 Å². The number of rotatable bonds is 4. The predicted molar refractivity (Wildman–Crippen MR) is 86.2 cm³/mol. The molecule has 1 saturated heterocycles. The molecule has 0 aromatic heterocycles. The number of sulfonamides is 2. The molecule has 1 aromatic carbocycles. The molecule has 0 bridgehead atoms. The van der Waals surface area contributed by atoms with Crippen molar-refractivity contribution in [1.82, 2.24) is 8.61 Å². The van der Waals surface area contributed by atoms with Gasteiger partial charge in [-0.2, -0.15) is 21.8 Å². The highest BCUT2D eigenvalue weighted by molar-refractivity contribution is 7.89. The first-order valence-corrected chi connectivity index (χ1v) is 10.7. The number of nitrogens with zero attached hydrogens (tertiary/aromatic N) is 2. The van der Waals surface area contributed by atoms with Gasteiger partial charge in [0.25, 0.3) is 0 Å². The standard InChI is InChI=1S/C13H16ClF3N2O4S2/c1-2-24(20,21)18-5-7-19(8-6-18)25(22,23)12-9-10(13(15,16)17)3-4-11(12)14/h3-4,9H,2,5-8H2,1H3. The van der Waals surface area contributed by atoms with Crippen LogP contribution in [-0.2, 0) is 26.2 Å². The van der Waals surface area contributed by atoms with Gasteiger partial charge in [-0.25, -0.2) is 16.8 Å². The molecule has 1 aliphatic heterocycles. The second kappa shape index (κ2) is 7.03. The number of hydrogen-bond donors (Lipinski definition) is 0. The van der Waals surface area contributed by atoms with Crippen LogP contribution in [0.25, 0.3) is 0 Å². The highest BCUT2D eigenvalue weighted by Gasteiger charge is 2.36. The fourth-order valence-electron chi connectivity index (χ4n) is 2.39. The molecule has 0 radical (unpaired) electrons. The highest BCUT2D eigenvalue weighted by Crippen LogP contribution is 2.34. The van der Waals surface area contributed by atoms with Crippen molar-refractivity contribution in [3.8, 4) is 0 Å². The molecule has 2 rings (SSSR count). The van der Waals surface area contributed by atoms with Gasteiger partial charge in [-0.15, -0.1) is 0 Å². The van der Waals surface area contributed by atoms with Crippen LogP contribution in [0.15, 0.2) is 23.1 Å². The second-order valence-electron chi connectivity index (χ2n) is 5.35. The van der Waals surface area contributed by atoms with Crippen molar-refractivity contribution < 1.29 is 30.0 Å². The van der Waals surface area contributed by atoms with E-state index in [4.69, 9.17) is 11.6 Å². The summed E-state index contributed by atoms with van der Waals surface area (Å²) in [6, 6.07) is 2.08. The van der Waals surface area contributed by atoms with Gasteiger partial charge < -0.3 is 0 Å². The van der Waals surface area contributed by atoms with Crippen molar-refractivity contribution in [3.63, 3.8) is 0 Å². The Bertz CT molecular complexity index is 849. The van der Waals surface area contributed by atoms with Crippen LogP contribution in [0, 0.1) is 0 Å². The Balaban J connectivity index is 2.29. The number of alkyl halides is 3. The number of hydrogen-bond acceptors (Lipinski definition) is 4. The van der Waals surface area contributed by atoms with E-state index >= 15 is 0 Å². The van der Waals surface area contributed by atoms with Crippen LogP contribution in [-0.4, -0.2) is 57.4 Å². The molecule has 0 amide bonds. The predicted octanol–water partition coefficient (Wildman–Crippen LogP) is 2.01. The van der Waals surface area contributed by atoms with Gasteiger partial charge in [0.15, 0.2) is 0 Å². The summed E-state index contributed by atoms with van der Waals surface area (Å²) in [6.07, 6.45) is -4.71. The minimum Gasteiger partial charge on any atom is -0.212 e. The van der Waals surface area contributed by atoms with Gasteiger partial charge in [-0.05, 0) is 25.1 Å². The van der Waals surface area contributed by atoms with Crippen LogP contribution < -0.4 is 0 Å². The van der Waals surface area contributed by atoms with E-state index in [1.807, 2.05) is 0 Å². The summed E-state index contributed by atoms with van der Waals surface area (Å²) in [5.74, 6) is -0.112. The summed E-state index contributed by atoms with van der Waals surface area (Å²) in [6.45, 7) is 1.03. The molecule has 142 valence electrons. The molecule has 0 N–H and O–H groups in total. The molecule has 0 atom stereocenters. The lowest BCUT2D eigenvalue weighted by Crippen LogP contribution is -2.50. The molecule has 0 saturated carbocycles. The second-order valence-corrected chi connectivity index (χ2v) is 9.92. The molecule has 25 heavy (non-hydrogen) atoms. The summed E-state index contributed by atoms with van der Waals surface area (Å²) in [5.41, 5.74) is -1.12. The van der Waals surface area contributed by atoms with Crippen molar-refractivity contribution in [1.29, 1.82) is 0 Å². The SMILES string of the molecule is CCS(=O)(=O)N1CCN(S(=O)(=O)c2cc(C(F)(F)F)ccc2Cl)CC1. The lowest BCUT2D eigenvalue weighted by atomic mass is 10.2. The van der Waals surface area contributed by atoms with E-state index in [-0.39, 0.29) is 37.0 Å². The quantitative estimate of drug-likeness (QED) is 0.746. The van der Waals surface area contributed by atoms with E-state index in [0.29, 0.717) is 12.1 Å². The van der Waals surface area contributed by atoms with Gasteiger partial charge in [-0.1, -0.05) is 11.6 Å². The molecule has 12 heteroatoms. The molecule has 0 spiro atoms. The lowest BCUT2D eigenvalue weighted by molar-refractivity contribution is -0.137. The molecular formula is C13H16ClF3N2O4S2. The Morgan fingerprint density at radius 3 is 2.04 bits per heavy atom. The first-order chi connectivity index (χ1) is 11.4. The Morgan fingerprint density at radius 1 is 1.04 bits per heavy atom. The molecule has 1 heterocycles. The lowest BCUT2D eigenvalue weighted by Gasteiger charge is -2.33. The average molecular weight is 421 g/mol. The highest BCUT2D eigenvalue weighted by atomic mass is 35.5. The van der Waals surface area contributed by atoms with Gasteiger partial charge in [0, 0.05) is 26.2 Å². The first kappa shape index (κ1) is 20.4. The van der Waals surface area contributed by atoms with E-state index in [0.717, 1.165) is 14.7 Å². The monoisotopic (exact) mass is 420 g/mol. The van der Waals surface area contributed by atoms with Gasteiger partial charge in [0.2, 0.25) is 20.0 Å². The summed E-state index contributed by atoms with van der Waals surface area (Å²) in [7, 11) is -7.72. The summed E-state index contributed by atoms with van der Waals surface area (Å²) in [4.78, 5) is -0.643. The first-order valence-electron chi connectivity index (χ1n) is 7.24. The summed E-state index contributed by atoms with van der Waals surface area (Å²) < 4.78 is 89.4. The van der Waals surface area contributed by atoms with Gasteiger partial charge in [-0.3, -0.25) is 0 Å². The van der Waals surface area contributed by atoms with Crippen LogP contribution in [0.4, 0.5) is 13.2 Å². The maximum absolute atomic E-state index is 12.8. The van der Waals surface area contributed by atoms with Crippen LogP contribution in [0.3, 0.4) is 0 Å². The Kier molecular flexibility index (Phi) is 5.74. The van der Waals surface area contributed by atoms with E-state index in [9.17, 15) is 30.0 Å². The van der Waals surface area contributed by atoms with Gasteiger partial charge in [0.1, 0.15) is 4.90 Å². The third kappa shape index (κ3) is 4.27. The summed E-state index contributed by atoms with van der Waals surface area (Å²) in [5, 5.41) is -0.323. The molecule has 0 unspecified atom stereocenters. The smallest absolute Gasteiger partial charge is 0.212 e. The van der Waals surface area contributed by atoms with Crippen LogP contribution in [0.2, 0.25) is 5.02 Å². The maximum Gasteiger partial charge on any atom is 0.416 e. The van der Waals surface area contributed by atoms with Crippen molar-refractivity contribution in [2.45, 2.75) is 18.0 Å². The topological polar surface area (TPSA) is 74.8 Å². The molecule has 1 aromatic rings. The fraction of sp³-hybridized carbons (Fsp3) is 0.538. The zero-order chi connectivity index (χ0) is 19.0. The van der Waals surface area contributed by atoms with E-state index in [2.05, 4.69) is 0 Å². The van der Waals surface area contributed by atoms with Crippen molar-refractivity contribution in [3.05, 3.63) is 28.8 Å². The number of benzene rings is 1.